The predicted molar refractivity (Wildman–Crippen MR) is 42.1 cm³/mol. The number of hydroxylamine groups is 2. The van der Waals surface area contributed by atoms with Crippen LogP contribution in [0.4, 0.5) is 0 Å². The van der Waals surface area contributed by atoms with Gasteiger partial charge in [0, 0.05) is 6.26 Å². The minimum absolute atomic E-state index is 0.328. The van der Waals surface area contributed by atoms with E-state index in [9.17, 15) is 18.0 Å². The average molecular weight is 207 g/mol. The summed E-state index contributed by atoms with van der Waals surface area (Å²) < 4.78 is 22.0. The number of amides is 2. The summed E-state index contributed by atoms with van der Waals surface area (Å²) in [5, 5.41) is -0.800. The molecule has 0 aromatic rings. The van der Waals surface area contributed by atoms with Gasteiger partial charge in [-0.1, -0.05) is 0 Å². The summed E-state index contributed by atoms with van der Waals surface area (Å²) in [4.78, 5) is 26.6. The Morgan fingerprint density at radius 2 is 2.00 bits per heavy atom. The lowest BCUT2D eigenvalue weighted by Crippen LogP contribution is -2.33. The quantitative estimate of drug-likeness (QED) is 0.527. The van der Waals surface area contributed by atoms with Crippen LogP contribution < -0.4 is 0 Å². The molecule has 0 aromatic heterocycles. The van der Waals surface area contributed by atoms with Crippen LogP contribution in [0, 0.1) is 0 Å². The molecular formula is C6H9NO5S. The molecule has 0 N–H and O–H groups in total. The van der Waals surface area contributed by atoms with E-state index in [1.807, 2.05) is 0 Å². The summed E-state index contributed by atoms with van der Waals surface area (Å²) in [7, 11) is -2.38. The Kier molecular flexibility index (Phi) is 2.40. The van der Waals surface area contributed by atoms with Crippen LogP contribution in [0.25, 0.3) is 0 Å². The molecule has 1 heterocycles. The van der Waals surface area contributed by atoms with Crippen LogP contribution in [0.2, 0.25) is 0 Å². The number of nitrogens with zero attached hydrogens (tertiary/aromatic N) is 1. The molecule has 6 nitrogen and oxygen atoms in total. The van der Waals surface area contributed by atoms with Gasteiger partial charge in [-0.15, -0.1) is 0 Å². The van der Waals surface area contributed by atoms with Crippen molar-refractivity contribution in [3.8, 4) is 0 Å². The Hall–Kier alpha value is -0.950. The smallest absolute Gasteiger partial charge is 0.272 e. The fourth-order valence-electron chi connectivity index (χ4n) is 1.11. The van der Waals surface area contributed by atoms with E-state index in [1.54, 1.807) is 0 Å². The lowest BCUT2D eigenvalue weighted by Gasteiger charge is -2.09. The fraction of sp³-hybridized carbons (Fsp3) is 0.667. The van der Waals surface area contributed by atoms with Gasteiger partial charge in [-0.25, -0.2) is 8.42 Å². The van der Waals surface area contributed by atoms with Crippen LogP contribution in [0.3, 0.4) is 0 Å². The first kappa shape index (κ1) is 10.1. The van der Waals surface area contributed by atoms with E-state index in [1.165, 1.54) is 0 Å². The van der Waals surface area contributed by atoms with Crippen molar-refractivity contribution in [1.82, 2.24) is 5.06 Å². The second kappa shape index (κ2) is 3.08. The maximum absolute atomic E-state index is 11.2. The number of rotatable bonds is 2. The maximum Gasteiger partial charge on any atom is 0.272 e. The van der Waals surface area contributed by atoms with E-state index in [0.717, 1.165) is 13.4 Å². The first-order valence-corrected chi connectivity index (χ1v) is 5.43. The van der Waals surface area contributed by atoms with Crippen LogP contribution in [0.15, 0.2) is 0 Å². The van der Waals surface area contributed by atoms with Crippen molar-refractivity contribution in [3.63, 3.8) is 0 Å². The zero-order valence-electron chi connectivity index (χ0n) is 7.18. The van der Waals surface area contributed by atoms with E-state index in [0.29, 0.717) is 5.06 Å². The van der Waals surface area contributed by atoms with Gasteiger partial charge < -0.3 is 0 Å². The molecule has 1 unspecified atom stereocenters. The van der Waals surface area contributed by atoms with Gasteiger partial charge in [-0.3, -0.25) is 14.4 Å². The number of carbonyl (C=O) groups is 2. The van der Waals surface area contributed by atoms with Crippen molar-refractivity contribution in [2.24, 2.45) is 0 Å². The van der Waals surface area contributed by atoms with Crippen molar-refractivity contribution < 1.29 is 22.8 Å². The zero-order valence-corrected chi connectivity index (χ0v) is 8.00. The molecule has 1 aliphatic rings. The van der Waals surface area contributed by atoms with Crippen molar-refractivity contribution >= 4 is 21.7 Å². The van der Waals surface area contributed by atoms with E-state index >= 15 is 0 Å². The number of imide groups is 1. The minimum atomic E-state index is -3.52. The SMILES string of the molecule is CON1C(=O)CC(S(C)(=O)=O)C1=O. The summed E-state index contributed by atoms with van der Waals surface area (Å²) >= 11 is 0. The van der Waals surface area contributed by atoms with Gasteiger partial charge in [-0.05, 0) is 0 Å². The topological polar surface area (TPSA) is 80.8 Å². The van der Waals surface area contributed by atoms with Crippen LogP contribution in [-0.4, -0.2) is 43.9 Å². The van der Waals surface area contributed by atoms with Gasteiger partial charge in [0.05, 0.1) is 13.5 Å². The van der Waals surface area contributed by atoms with Crippen molar-refractivity contribution in [2.45, 2.75) is 11.7 Å². The fourth-order valence-corrected chi connectivity index (χ4v) is 2.02. The molecule has 7 heteroatoms. The highest BCUT2D eigenvalue weighted by Crippen LogP contribution is 2.18. The molecule has 1 saturated heterocycles. The molecule has 13 heavy (non-hydrogen) atoms. The lowest BCUT2D eigenvalue weighted by atomic mass is 10.4. The molecule has 0 aromatic carbocycles. The molecule has 1 fully saturated rings. The Morgan fingerprint density at radius 3 is 2.23 bits per heavy atom. The van der Waals surface area contributed by atoms with Crippen molar-refractivity contribution in [1.29, 1.82) is 0 Å². The molecule has 0 radical (unpaired) electrons. The lowest BCUT2D eigenvalue weighted by molar-refractivity contribution is -0.179. The summed E-state index contributed by atoms with van der Waals surface area (Å²) in [5.41, 5.74) is 0. The van der Waals surface area contributed by atoms with Crippen LogP contribution >= 0.6 is 0 Å². The Labute approximate surface area is 75.3 Å². The Bertz CT molecular complexity index is 346. The molecule has 74 valence electrons. The minimum Gasteiger partial charge on any atom is -0.272 e. The van der Waals surface area contributed by atoms with E-state index in [2.05, 4.69) is 4.84 Å². The molecule has 1 rings (SSSR count). The third-order valence-corrected chi connectivity index (χ3v) is 3.16. The first-order chi connectivity index (χ1) is 5.88. The predicted octanol–water partition coefficient (Wildman–Crippen LogP) is -1.28. The molecule has 0 aliphatic carbocycles. The molecular weight excluding hydrogens is 198 g/mol. The van der Waals surface area contributed by atoms with Gasteiger partial charge >= 0.3 is 0 Å². The summed E-state index contributed by atoms with van der Waals surface area (Å²) in [5.74, 6) is -1.43. The monoisotopic (exact) mass is 207 g/mol. The third-order valence-electron chi connectivity index (χ3n) is 1.76. The number of carbonyl (C=O) groups excluding carboxylic acids is 2. The normalized spacial score (nSPS) is 24.2. The standard InChI is InChI=1S/C6H9NO5S/c1-12-7-5(8)3-4(6(7)9)13(2,10)11/h4H,3H2,1-2H3. The number of hydrogen-bond donors (Lipinski definition) is 0. The molecule has 1 atom stereocenters. The van der Waals surface area contributed by atoms with Crippen molar-refractivity contribution in [3.05, 3.63) is 0 Å². The summed E-state index contributed by atoms with van der Waals surface area (Å²) in [6.45, 7) is 0. The van der Waals surface area contributed by atoms with Crippen LogP contribution in [-0.2, 0) is 24.3 Å². The van der Waals surface area contributed by atoms with Gasteiger partial charge in [0.25, 0.3) is 11.8 Å². The third kappa shape index (κ3) is 1.70. The molecule has 0 spiro atoms. The molecule has 0 saturated carbocycles. The largest absolute Gasteiger partial charge is 0.272 e. The average Bonchev–Trinajstić information content (AvgIpc) is 2.25. The first-order valence-electron chi connectivity index (χ1n) is 3.47. The molecule has 1 aliphatic heterocycles. The van der Waals surface area contributed by atoms with Gasteiger partial charge in [-0.2, -0.15) is 5.06 Å². The van der Waals surface area contributed by atoms with E-state index < -0.39 is 26.9 Å². The van der Waals surface area contributed by atoms with Crippen molar-refractivity contribution in [2.75, 3.05) is 13.4 Å². The Balaban J connectivity index is 2.99. The Morgan fingerprint density at radius 1 is 1.46 bits per heavy atom. The number of hydrogen-bond acceptors (Lipinski definition) is 5. The van der Waals surface area contributed by atoms with E-state index in [4.69, 9.17) is 0 Å². The second-order valence-corrected chi connectivity index (χ2v) is 4.96. The van der Waals surface area contributed by atoms with Crippen LogP contribution in [0.1, 0.15) is 6.42 Å². The zero-order chi connectivity index (χ0) is 10.2. The summed E-state index contributed by atoms with van der Waals surface area (Å²) in [6, 6.07) is 0. The molecule has 2 amide bonds. The second-order valence-electron chi connectivity index (χ2n) is 2.73. The maximum atomic E-state index is 11.2. The van der Waals surface area contributed by atoms with E-state index in [-0.39, 0.29) is 6.42 Å². The van der Waals surface area contributed by atoms with Gasteiger partial charge in [0.2, 0.25) is 0 Å². The highest BCUT2D eigenvalue weighted by molar-refractivity contribution is 7.92. The van der Waals surface area contributed by atoms with Gasteiger partial charge in [0.15, 0.2) is 15.1 Å². The molecule has 0 bridgehead atoms. The van der Waals surface area contributed by atoms with Gasteiger partial charge in [0.1, 0.15) is 0 Å². The highest BCUT2D eigenvalue weighted by Gasteiger charge is 2.45. The number of sulfone groups is 1. The highest BCUT2D eigenvalue weighted by atomic mass is 32.2. The van der Waals surface area contributed by atoms with Crippen LogP contribution in [0.5, 0.6) is 0 Å². The summed E-state index contributed by atoms with van der Waals surface area (Å²) in [6.07, 6.45) is 0.591.